The lowest BCUT2D eigenvalue weighted by molar-refractivity contribution is -0.143. The van der Waals surface area contributed by atoms with Crippen molar-refractivity contribution in [3.05, 3.63) is 0 Å². The van der Waals surface area contributed by atoms with Crippen LogP contribution in [0, 0.1) is 11.8 Å². The molecule has 0 aromatic carbocycles. The van der Waals surface area contributed by atoms with Gasteiger partial charge in [0.25, 0.3) is 0 Å². The number of carboxylic acid groups (broad SMARTS) is 1. The van der Waals surface area contributed by atoms with E-state index in [0.717, 1.165) is 13.0 Å². The maximum atomic E-state index is 13.7. The molecular formula is C31H55N7O7. The van der Waals surface area contributed by atoms with Gasteiger partial charge < -0.3 is 42.3 Å². The molecule has 6 atom stereocenters. The van der Waals surface area contributed by atoms with Gasteiger partial charge in [-0.2, -0.15) is 0 Å². The molecule has 0 saturated carbocycles. The van der Waals surface area contributed by atoms with E-state index in [9.17, 15) is 33.9 Å². The first-order chi connectivity index (χ1) is 21.2. The highest BCUT2D eigenvalue weighted by Gasteiger charge is 2.39. The van der Waals surface area contributed by atoms with E-state index >= 15 is 0 Å². The van der Waals surface area contributed by atoms with Gasteiger partial charge in [-0.1, -0.05) is 27.7 Å². The average Bonchev–Trinajstić information content (AvgIpc) is 3.68. The number of likely N-dealkylation sites (tertiary alicyclic amines) is 1. The van der Waals surface area contributed by atoms with Crippen LogP contribution in [0.1, 0.15) is 92.4 Å². The smallest absolute Gasteiger partial charge is 0.326 e. The first-order valence-corrected chi connectivity index (χ1v) is 16.4. The lowest BCUT2D eigenvalue weighted by Crippen LogP contribution is -2.58. The predicted molar refractivity (Wildman–Crippen MR) is 169 cm³/mol. The molecule has 0 spiro atoms. The zero-order chi connectivity index (χ0) is 33.7. The quantitative estimate of drug-likeness (QED) is 0.101. The molecule has 2 heterocycles. The third kappa shape index (κ3) is 12.2. The Balaban J connectivity index is 2.10. The van der Waals surface area contributed by atoms with Crippen molar-refractivity contribution >= 4 is 35.5 Å². The molecule has 0 aromatic heterocycles. The number of nitrogens with two attached hydrogens (primary N) is 1. The third-order valence-electron chi connectivity index (χ3n) is 8.19. The van der Waals surface area contributed by atoms with Gasteiger partial charge in [0.1, 0.15) is 30.2 Å². The summed E-state index contributed by atoms with van der Waals surface area (Å²) in [6, 6.07) is -5.07. The van der Waals surface area contributed by atoms with Crippen molar-refractivity contribution in [1.82, 2.24) is 31.5 Å². The normalized spacial score (nSPS) is 20.8. The Bertz CT molecular complexity index is 1030. The van der Waals surface area contributed by atoms with Gasteiger partial charge in [-0.05, 0) is 89.6 Å². The minimum absolute atomic E-state index is 0.0141. The number of unbranched alkanes of at least 4 members (excludes halogenated alkanes) is 1. The van der Waals surface area contributed by atoms with Crippen LogP contribution in [0.5, 0.6) is 0 Å². The van der Waals surface area contributed by atoms with Crippen molar-refractivity contribution in [2.24, 2.45) is 17.6 Å². The van der Waals surface area contributed by atoms with Crippen molar-refractivity contribution in [1.29, 1.82) is 0 Å². The highest BCUT2D eigenvalue weighted by molar-refractivity contribution is 5.96. The van der Waals surface area contributed by atoms with E-state index in [0.29, 0.717) is 51.6 Å². The van der Waals surface area contributed by atoms with Gasteiger partial charge in [0.2, 0.25) is 29.5 Å². The summed E-state index contributed by atoms with van der Waals surface area (Å²) in [5.41, 5.74) is 5.65. The number of rotatable bonds is 18. The van der Waals surface area contributed by atoms with Crippen LogP contribution in [0.2, 0.25) is 0 Å². The number of carboxylic acids is 1. The van der Waals surface area contributed by atoms with Crippen LogP contribution in [0.3, 0.4) is 0 Å². The van der Waals surface area contributed by atoms with Crippen molar-refractivity contribution in [2.75, 3.05) is 19.6 Å². The fourth-order valence-corrected chi connectivity index (χ4v) is 5.77. The largest absolute Gasteiger partial charge is 0.480 e. The second-order valence-corrected chi connectivity index (χ2v) is 13.1. The molecule has 5 amide bonds. The fourth-order valence-electron chi connectivity index (χ4n) is 5.77. The summed E-state index contributed by atoms with van der Waals surface area (Å²) in [7, 11) is 0. The maximum absolute atomic E-state index is 13.7. The summed E-state index contributed by atoms with van der Waals surface area (Å²) in [6.45, 7) is 10.5. The highest BCUT2D eigenvalue weighted by Crippen LogP contribution is 2.21. The minimum atomic E-state index is -1.16. The van der Waals surface area contributed by atoms with Gasteiger partial charge in [-0.25, -0.2) is 4.79 Å². The molecule has 0 aliphatic carbocycles. The lowest BCUT2D eigenvalue weighted by Gasteiger charge is -2.31. The molecule has 0 bridgehead atoms. The molecule has 2 fully saturated rings. The summed E-state index contributed by atoms with van der Waals surface area (Å²) < 4.78 is 0. The Morgan fingerprint density at radius 3 is 2.02 bits per heavy atom. The van der Waals surface area contributed by atoms with Crippen LogP contribution in [-0.4, -0.2) is 101 Å². The topological polar surface area (TPSA) is 212 Å². The number of carbonyl (C=O) groups is 6. The van der Waals surface area contributed by atoms with Gasteiger partial charge in [0, 0.05) is 6.54 Å². The fraction of sp³-hybridized carbons (Fsp3) is 0.806. The second kappa shape index (κ2) is 18.6. The van der Waals surface area contributed by atoms with Crippen LogP contribution in [0.15, 0.2) is 0 Å². The monoisotopic (exact) mass is 637 g/mol. The van der Waals surface area contributed by atoms with E-state index in [2.05, 4.69) is 26.6 Å². The highest BCUT2D eigenvalue weighted by atomic mass is 16.4. The Morgan fingerprint density at radius 2 is 1.44 bits per heavy atom. The van der Waals surface area contributed by atoms with Crippen LogP contribution >= 0.6 is 0 Å². The Kier molecular flexibility index (Phi) is 15.7. The van der Waals surface area contributed by atoms with E-state index in [-0.39, 0.29) is 42.5 Å². The van der Waals surface area contributed by atoms with Crippen molar-refractivity contribution in [3.63, 3.8) is 0 Å². The Hall–Kier alpha value is -3.26. The molecular weight excluding hydrogens is 582 g/mol. The van der Waals surface area contributed by atoms with Crippen LogP contribution < -0.4 is 32.3 Å². The molecule has 0 radical (unpaired) electrons. The zero-order valence-corrected chi connectivity index (χ0v) is 27.5. The van der Waals surface area contributed by atoms with E-state index in [4.69, 9.17) is 5.73 Å². The average molecular weight is 638 g/mol. The molecule has 6 unspecified atom stereocenters. The van der Waals surface area contributed by atoms with Gasteiger partial charge in [0.05, 0.1) is 6.04 Å². The Labute approximate surface area is 266 Å². The molecule has 0 aromatic rings. The number of hydrogen-bond acceptors (Lipinski definition) is 8. The summed E-state index contributed by atoms with van der Waals surface area (Å²) in [5.74, 6) is -3.38. The van der Waals surface area contributed by atoms with Crippen LogP contribution in [0.4, 0.5) is 0 Å². The minimum Gasteiger partial charge on any atom is -0.480 e. The van der Waals surface area contributed by atoms with Crippen molar-refractivity contribution in [2.45, 2.75) is 129 Å². The Morgan fingerprint density at radius 1 is 0.800 bits per heavy atom. The first kappa shape index (κ1) is 37.9. The lowest BCUT2D eigenvalue weighted by atomic mass is 10.0. The van der Waals surface area contributed by atoms with E-state index in [1.807, 2.05) is 27.7 Å². The van der Waals surface area contributed by atoms with Crippen molar-refractivity contribution < 1.29 is 33.9 Å². The van der Waals surface area contributed by atoms with E-state index in [1.54, 1.807) is 0 Å². The molecule has 14 heteroatoms. The predicted octanol–water partition coefficient (Wildman–Crippen LogP) is -0.00570. The molecule has 256 valence electrons. The first-order valence-electron chi connectivity index (χ1n) is 16.4. The van der Waals surface area contributed by atoms with Crippen LogP contribution in [0.25, 0.3) is 0 Å². The van der Waals surface area contributed by atoms with Gasteiger partial charge in [0.15, 0.2) is 0 Å². The summed E-state index contributed by atoms with van der Waals surface area (Å²) >= 11 is 0. The number of amides is 5. The standard InChI is InChI=1S/C31H55N7O7/c1-18(2)16-23(28(41)34-20(5)26(39)37-24(31(44)45)17-19(3)4)36-29(42)25-12-9-15-38(25)30(43)22(10-6-7-13-32)35-27(40)21-11-8-14-33-21/h18-25,33H,6-17,32H2,1-5H3,(H,34,41)(H,35,40)(H,36,42)(H,37,39)(H,44,45). The van der Waals surface area contributed by atoms with E-state index < -0.39 is 53.9 Å². The molecule has 45 heavy (non-hydrogen) atoms. The number of hydrogen-bond donors (Lipinski definition) is 7. The second-order valence-electron chi connectivity index (χ2n) is 13.1. The maximum Gasteiger partial charge on any atom is 0.326 e. The molecule has 8 N–H and O–H groups in total. The molecule has 2 aliphatic rings. The summed E-state index contributed by atoms with van der Waals surface area (Å²) in [5, 5.41) is 23.4. The number of aliphatic carboxylic acids is 1. The van der Waals surface area contributed by atoms with E-state index in [1.165, 1.54) is 11.8 Å². The summed E-state index contributed by atoms with van der Waals surface area (Å²) in [4.78, 5) is 79.3. The van der Waals surface area contributed by atoms with Gasteiger partial charge in [-0.3, -0.25) is 24.0 Å². The van der Waals surface area contributed by atoms with Crippen LogP contribution in [-0.2, 0) is 28.8 Å². The molecule has 2 aliphatic heterocycles. The molecule has 2 rings (SSSR count). The van der Waals surface area contributed by atoms with Gasteiger partial charge >= 0.3 is 5.97 Å². The van der Waals surface area contributed by atoms with Gasteiger partial charge in [-0.15, -0.1) is 0 Å². The molecule has 2 saturated heterocycles. The molecule has 14 nitrogen and oxygen atoms in total. The number of nitrogens with zero attached hydrogens (tertiary/aromatic N) is 1. The SMILES string of the molecule is CC(C)CC(NC(=O)C(C)NC(=O)C(CC(C)C)NC(=O)C1CCCN1C(=O)C(CCCCN)NC(=O)C1CCCN1)C(=O)O. The number of carbonyl (C=O) groups excluding carboxylic acids is 5. The zero-order valence-electron chi connectivity index (χ0n) is 27.5. The number of nitrogens with one attached hydrogen (secondary N) is 5. The summed E-state index contributed by atoms with van der Waals surface area (Å²) in [6.07, 6.45) is 4.84. The third-order valence-corrected chi connectivity index (χ3v) is 8.19. The van der Waals surface area contributed by atoms with Crippen molar-refractivity contribution in [3.8, 4) is 0 Å².